The first-order valence-electron chi connectivity index (χ1n) is 15.7. The molecule has 3 atom stereocenters. The minimum atomic E-state index is -0.871. The maximum absolute atomic E-state index is 13.1. The van der Waals surface area contributed by atoms with Gasteiger partial charge in [0.1, 0.15) is 18.1 Å². The van der Waals surface area contributed by atoms with Gasteiger partial charge >= 0.3 is 0 Å². The van der Waals surface area contributed by atoms with Crippen LogP contribution in [0.1, 0.15) is 56.2 Å². The van der Waals surface area contributed by atoms with Gasteiger partial charge < -0.3 is 30.5 Å². The topological polar surface area (TPSA) is 114 Å². The fraction of sp³-hybridized carbons (Fsp3) is 0.444. The van der Waals surface area contributed by atoms with Crippen molar-refractivity contribution < 1.29 is 24.2 Å². The van der Waals surface area contributed by atoms with E-state index in [4.69, 9.17) is 15.2 Å². The van der Waals surface area contributed by atoms with Crippen LogP contribution in [-0.4, -0.2) is 54.7 Å². The zero-order chi connectivity index (χ0) is 31.7. The number of ether oxygens (including phenoxy) is 2. The SMILES string of the molecule is CCCN(CCC)C(=O)CCC(C(N)=O)[C@H](Cc1ccc(OCc2ccccc2)cc1)[C@@H](O)CNCc1cccc(OC)c1. The fourth-order valence-electron chi connectivity index (χ4n) is 5.48. The lowest BCUT2D eigenvalue weighted by Gasteiger charge is -2.30. The highest BCUT2D eigenvalue weighted by atomic mass is 16.5. The molecule has 44 heavy (non-hydrogen) atoms. The van der Waals surface area contributed by atoms with E-state index in [1.807, 2.05) is 97.6 Å². The molecule has 0 aliphatic carbocycles. The second-order valence-corrected chi connectivity index (χ2v) is 11.3. The van der Waals surface area contributed by atoms with E-state index < -0.39 is 23.8 Å². The van der Waals surface area contributed by atoms with E-state index in [0.717, 1.165) is 41.0 Å². The molecule has 1 unspecified atom stereocenters. The monoisotopic (exact) mass is 603 g/mol. The number of benzene rings is 3. The molecule has 3 rings (SSSR count). The second kappa shape index (κ2) is 18.7. The molecule has 3 aromatic carbocycles. The highest BCUT2D eigenvalue weighted by Crippen LogP contribution is 2.27. The lowest BCUT2D eigenvalue weighted by atomic mass is 9.79. The molecule has 0 saturated carbocycles. The van der Waals surface area contributed by atoms with E-state index in [1.165, 1.54) is 0 Å². The molecule has 3 aromatic rings. The number of methoxy groups -OCH3 is 1. The third-order valence-electron chi connectivity index (χ3n) is 7.85. The first-order chi connectivity index (χ1) is 21.3. The molecule has 0 aromatic heterocycles. The molecular formula is C36H49N3O5. The van der Waals surface area contributed by atoms with Crippen LogP contribution in [0.15, 0.2) is 78.9 Å². The number of hydrogen-bond acceptors (Lipinski definition) is 6. The van der Waals surface area contributed by atoms with Crippen molar-refractivity contribution in [2.45, 2.75) is 65.2 Å². The van der Waals surface area contributed by atoms with Gasteiger partial charge in [0.25, 0.3) is 0 Å². The Morgan fingerprint density at radius 2 is 1.57 bits per heavy atom. The molecule has 2 amide bonds. The number of rotatable bonds is 20. The van der Waals surface area contributed by atoms with Crippen molar-refractivity contribution in [3.05, 3.63) is 95.6 Å². The summed E-state index contributed by atoms with van der Waals surface area (Å²) in [6, 6.07) is 25.4. The predicted molar refractivity (Wildman–Crippen MR) is 174 cm³/mol. The Balaban J connectivity index is 1.72. The Morgan fingerprint density at radius 3 is 2.20 bits per heavy atom. The lowest BCUT2D eigenvalue weighted by Crippen LogP contribution is -2.43. The highest BCUT2D eigenvalue weighted by Gasteiger charge is 2.33. The third kappa shape index (κ3) is 11.3. The fourth-order valence-corrected chi connectivity index (χ4v) is 5.48. The van der Waals surface area contributed by atoms with Crippen molar-refractivity contribution >= 4 is 11.8 Å². The quantitative estimate of drug-likeness (QED) is 0.165. The number of aliphatic hydroxyl groups excluding tert-OH is 1. The van der Waals surface area contributed by atoms with Gasteiger partial charge in [-0.15, -0.1) is 0 Å². The summed E-state index contributed by atoms with van der Waals surface area (Å²) in [4.78, 5) is 27.8. The Labute approximate surface area is 262 Å². The van der Waals surface area contributed by atoms with Crippen molar-refractivity contribution in [3.8, 4) is 11.5 Å². The van der Waals surface area contributed by atoms with Gasteiger partial charge in [0, 0.05) is 44.4 Å². The summed E-state index contributed by atoms with van der Waals surface area (Å²) in [5, 5.41) is 14.8. The number of aliphatic hydroxyl groups is 1. The summed E-state index contributed by atoms with van der Waals surface area (Å²) in [6.45, 7) is 6.72. The molecule has 0 saturated heterocycles. The third-order valence-corrected chi connectivity index (χ3v) is 7.85. The van der Waals surface area contributed by atoms with Crippen molar-refractivity contribution in [3.63, 3.8) is 0 Å². The first-order valence-corrected chi connectivity index (χ1v) is 15.7. The van der Waals surface area contributed by atoms with Crippen LogP contribution in [0.4, 0.5) is 0 Å². The van der Waals surface area contributed by atoms with Crippen LogP contribution < -0.4 is 20.5 Å². The summed E-state index contributed by atoms with van der Waals surface area (Å²) in [7, 11) is 1.63. The van der Waals surface area contributed by atoms with Gasteiger partial charge in [-0.2, -0.15) is 0 Å². The van der Waals surface area contributed by atoms with Gasteiger partial charge in [-0.3, -0.25) is 9.59 Å². The molecule has 0 radical (unpaired) electrons. The molecule has 0 aliphatic heterocycles. The highest BCUT2D eigenvalue weighted by molar-refractivity contribution is 5.80. The van der Waals surface area contributed by atoms with E-state index in [9.17, 15) is 14.7 Å². The summed E-state index contributed by atoms with van der Waals surface area (Å²) in [5.74, 6) is -0.151. The maximum Gasteiger partial charge on any atom is 0.222 e. The van der Waals surface area contributed by atoms with Gasteiger partial charge in [-0.25, -0.2) is 0 Å². The second-order valence-electron chi connectivity index (χ2n) is 11.3. The summed E-state index contributed by atoms with van der Waals surface area (Å²) in [6.07, 6.45) is 1.79. The number of carbonyl (C=O) groups excluding carboxylic acids is 2. The lowest BCUT2D eigenvalue weighted by molar-refractivity contribution is -0.132. The maximum atomic E-state index is 13.1. The number of amides is 2. The minimum Gasteiger partial charge on any atom is -0.497 e. The van der Waals surface area contributed by atoms with E-state index in [1.54, 1.807) is 7.11 Å². The van der Waals surface area contributed by atoms with E-state index in [-0.39, 0.29) is 25.3 Å². The predicted octanol–water partition coefficient (Wildman–Crippen LogP) is 5.11. The summed E-state index contributed by atoms with van der Waals surface area (Å²) >= 11 is 0. The van der Waals surface area contributed by atoms with Crippen molar-refractivity contribution in [1.82, 2.24) is 10.2 Å². The largest absolute Gasteiger partial charge is 0.497 e. The molecule has 0 bridgehead atoms. The molecule has 238 valence electrons. The van der Waals surface area contributed by atoms with Crippen LogP contribution in [0.3, 0.4) is 0 Å². The van der Waals surface area contributed by atoms with Gasteiger partial charge in [0.05, 0.1) is 13.2 Å². The normalized spacial score (nSPS) is 13.1. The average Bonchev–Trinajstić information content (AvgIpc) is 3.04. The van der Waals surface area contributed by atoms with Crippen LogP contribution in [0.5, 0.6) is 11.5 Å². The number of nitrogens with one attached hydrogen (secondary N) is 1. The Morgan fingerprint density at radius 1 is 0.886 bits per heavy atom. The van der Waals surface area contributed by atoms with Gasteiger partial charge in [-0.05, 0) is 66.6 Å². The minimum absolute atomic E-state index is 0.0178. The molecular weight excluding hydrogens is 554 g/mol. The van der Waals surface area contributed by atoms with E-state index >= 15 is 0 Å². The Kier molecular flexibility index (Phi) is 14.7. The molecule has 0 fully saturated rings. The Hall–Kier alpha value is -3.88. The number of carbonyl (C=O) groups is 2. The smallest absolute Gasteiger partial charge is 0.222 e. The molecule has 0 aliphatic rings. The summed E-state index contributed by atoms with van der Waals surface area (Å²) < 4.78 is 11.3. The van der Waals surface area contributed by atoms with Crippen molar-refractivity contribution in [1.29, 1.82) is 0 Å². The van der Waals surface area contributed by atoms with E-state index in [0.29, 0.717) is 32.7 Å². The molecule has 4 N–H and O–H groups in total. The number of nitrogens with two attached hydrogens (primary N) is 1. The first kappa shape index (κ1) is 34.6. The van der Waals surface area contributed by atoms with Gasteiger partial charge in [0.2, 0.25) is 11.8 Å². The molecule has 8 nitrogen and oxygen atoms in total. The number of nitrogens with zero attached hydrogens (tertiary/aromatic N) is 1. The molecule has 8 heteroatoms. The van der Waals surface area contributed by atoms with Crippen molar-refractivity contribution in [2.75, 3.05) is 26.7 Å². The summed E-state index contributed by atoms with van der Waals surface area (Å²) in [5.41, 5.74) is 9.00. The standard InChI is InChI=1S/C36H49N3O5/c1-4-20-39(21-5-2)35(41)19-18-32(36(37)42)33(34(40)25-38-24-29-12-9-13-31(22-29)43-3)23-27-14-16-30(17-15-27)44-26-28-10-7-6-8-11-28/h6-17,22,32-34,38,40H,4-5,18-21,23-26H2,1-3H3,(H2,37,42)/t32?,33-,34-/m0/s1. The van der Waals surface area contributed by atoms with Crippen LogP contribution in [0, 0.1) is 11.8 Å². The number of primary amides is 1. The van der Waals surface area contributed by atoms with Gasteiger partial charge in [0.15, 0.2) is 0 Å². The zero-order valence-corrected chi connectivity index (χ0v) is 26.4. The van der Waals surface area contributed by atoms with Crippen molar-refractivity contribution in [2.24, 2.45) is 17.6 Å². The Bertz CT molecular complexity index is 1260. The number of hydrogen-bond donors (Lipinski definition) is 3. The van der Waals surface area contributed by atoms with Crippen LogP contribution in [0.2, 0.25) is 0 Å². The zero-order valence-electron chi connectivity index (χ0n) is 26.4. The molecule has 0 spiro atoms. The van der Waals surface area contributed by atoms with Crippen LogP contribution in [-0.2, 0) is 29.2 Å². The van der Waals surface area contributed by atoms with Gasteiger partial charge in [-0.1, -0.05) is 68.4 Å². The van der Waals surface area contributed by atoms with E-state index in [2.05, 4.69) is 5.32 Å². The van der Waals surface area contributed by atoms with Crippen LogP contribution in [0.25, 0.3) is 0 Å². The van der Waals surface area contributed by atoms with Crippen LogP contribution >= 0.6 is 0 Å². The molecule has 0 heterocycles. The average molecular weight is 604 g/mol.